The standard InChI is InChI=1S/C15H25N5O/c1-19-9-2-10-20(11-15(19)5-7-16-8-6-15)14-17-13(21-18-14)12-3-4-12/h12,16H,2-11H2,1H3. The second kappa shape index (κ2) is 5.25. The van der Waals surface area contributed by atoms with Crippen LogP contribution in [0, 0.1) is 0 Å². The fourth-order valence-electron chi connectivity index (χ4n) is 3.75. The predicted octanol–water partition coefficient (Wildman–Crippen LogP) is 1.21. The first kappa shape index (κ1) is 13.5. The van der Waals surface area contributed by atoms with E-state index in [0.29, 0.717) is 5.92 Å². The highest BCUT2D eigenvalue weighted by atomic mass is 16.5. The van der Waals surface area contributed by atoms with Crippen molar-refractivity contribution in [2.24, 2.45) is 0 Å². The number of hydrogen-bond donors (Lipinski definition) is 1. The quantitative estimate of drug-likeness (QED) is 0.884. The van der Waals surface area contributed by atoms with Crippen LogP contribution in [0.5, 0.6) is 0 Å². The molecule has 21 heavy (non-hydrogen) atoms. The lowest BCUT2D eigenvalue weighted by Gasteiger charge is -2.45. The van der Waals surface area contributed by atoms with Gasteiger partial charge >= 0.3 is 0 Å². The molecule has 3 heterocycles. The molecule has 4 rings (SSSR count). The van der Waals surface area contributed by atoms with E-state index in [2.05, 4.69) is 32.3 Å². The van der Waals surface area contributed by atoms with E-state index in [1.807, 2.05) is 0 Å². The summed E-state index contributed by atoms with van der Waals surface area (Å²) < 4.78 is 5.46. The molecule has 1 spiro atoms. The van der Waals surface area contributed by atoms with Crippen molar-refractivity contribution in [1.29, 1.82) is 0 Å². The zero-order chi connectivity index (χ0) is 14.3. The summed E-state index contributed by atoms with van der Waals surface area (Å²) in [6, 6.07) is 0. The van der Waals surface area contributed by atoms with Gasteiger partial charge in [0.05, 0.1) is 0 Å². The number of aromatic nitrogens is 2. The first-order valence-corrected chi connectivity index (χ1v) is 8.27. The van der Waals surface area contributed by atoms with Crippen molar-refractivity contribution in [2.45, 2.75) is 43.6 Å². The number of piperidine rings is 1. The molecule has 1 N–H and O–H groups in total. The number of hydrogen-bond acceptors (Lipinski definition) is 6. The van der Waals surface area contributed by atoms with E-state index in [1.165, 1.54) is 32.1 Å². The molecular weight excluding hydrogens is 266 g/mol. The SMILES string of the molecule is CN1CCCN(c2noc(C3CC3)n2)CC12CCNCC2. The largest absolute Gasteiger partial charge is 0.337 e. The van der Waals surface area contributed by atoms with Crippen LogP contribution in [0.2, 0.25) is 0 Å². The number of anilines is 1. The Morgan fingerprint density at radius 2 is 2.05 bits per heavy atom. The highest BCUT2D eigenvalue weighted by molar-refractivity contribution is 5.31. The number of nitrogens with one attached hydrogen (secondary N) is 1. The highest BCUT2D eigenvalue weighted by Crippen LogP contribution is 2.40. The van der Waals surface area contributed by atoms with Crippen LogP contribution in [-0.4, -0.2) is 60.4 Å². The molecule has 0 atom stereocenters. The monoisotopic (exact) mass is 291 g/mol. The van der Waals surface area contributed by atoms with Crippen LogP contribution >= 0.6 is 0 Å². The topological polar surface area (TPSA) is 57.4 Å². The van der Waals surface area contributed by atoms with Crippen LogP contribution < -0.4 is 10.2 Å². The summed E-state index contributed by atoms with van der Waals surface area (Å²) in [7, 11) is 2.28. The van der Waals surface area contributed by atoms with Gasteiger partial charge in [0, 0.05) is 31.1 Å². The van der Waals surface area contributed by atoms with Crippen LogP contribution in [0.3, 0.4) is 0 Å². The molecule has 0 bridgehead atoms. The summed E-state index contributed by atoms with van der Waals surface area (Å²) in [5, 5.41) is 7.74. The maximum atomic E-state index is 5.46. The Hall–Kier alpha value is -1.14. The van der Waals surface area contributed by atoms with Crippen molar-refractivity contribution < 1.29 is 4.52 Å². The van der Waals surface area contributed by atoms with E-state index in [-0.39, 0.29) is 5.54 Å². The Kier molecular flexibility index (Phi) is 3.38. The molecule has 1 aromatic heterocycles. The third-order valence-corrected chi connectivity index (χ3v) is 5.39. The molecule has 1 aromatic rings. The van der Waals surface area contributed by atoms with Crippen molar-refractivity contribution in [3.63, 3.8) is 0 Å². The molecule has 1 aliphatic carbocycles. The van der Waals surface area contributed by atoms with E-state index in [0.717, 1.165) is 44.6 Å². The third-order valence-electron chi connectivity index (χ3n) is 5.39. The average molecular weight is 291 g/mol. The van der Waals surface area contributed by atoms with Gasteiger partial charge in [0.2, 0.25) is 5.89 Å². The van der Waals surface area contributed by atoms with Crippen LogP contribution in [0.25, 0.3) is 0 Å². The van der Waals surface area contributed by atoms with Crippen molar-refractivity contribution in [2.75, 3.05) is 44.7 Å². The molecular formula is C15H25N5O. The number of nitrogens with zero attached hydrogens (tertiary/aromatic N) is 4. The van der Waals surface area contributed by atoms with Crippen molar-refractivity contribution in [1.82, 2.24) is 20.4 Å². The lowest BCUT2D eigenvalue weighted by atomic mass is 9.86. The molecule has 116 valence electrons. The van der Waals surface area contributed by atoms with E-state index in [1.54, 1.807) is 0 Å². The van der Waals surface area contributed by atoms with Crippen LogP contribution in [0.1, 0.15) is 43.9 Å². The second-order valence-corrected chi connectivity index (χ2v) is 6.88. The molecule has 0 aromatic carbocycles. The zero-order valence-electron chi connectivity index (χ0n) is 12.8. The first-order chi connectivity index (χ1) is 10.3. The van der Waals surface area contributed by atoms with Gasteiger partial charge in [-0.1, -0.05) is 0 Å². The number of rotatable bonds is 2. The van der Waals surface area contributed by atoms with Gasteiger partial charge in [-0.2, -0.15) is 4.98 Å². The van der Waals surface area contributed by atoms with Gasteiger partial charge in [-0.3, -0.25) is 4.90 Å². The molecule has 6 nitrogen and oxygen atoms in total. The summed E-state index contributed by atoms with van der Waals surface area (Å²) in [5.41, 5.74) is 0.266. The minimum absolute atomic E-state index is 0.266. The van der Waals surface area contributed by atoms with Gasteiger partial charge in [-0.05, 0) is 57.4 Å². The van der Waals surface area contributed by atoms with Gasteiger partial charge in [0.1, 0.15) is 0 Å². The molecule has 0 radical (unpaired) electrons. The Bertz CT molecular complexity index is 492. The Labute approximate surface area is 125 Å². The van der Waals surface area contributed by atoms with Crippen LogP contribution in [0.15, 0.2) is 4.52 Å². The number of likely N-dealkylation sites (N-methyl/N-ethyl adjacent to an activating group) is 1. The molecule has 0 amide bonds. The summed E-state index contributed by atoms with van der Waals surface area (Å²) in [5.74, 6) is 2.20. The Balaban J connectivity index is 1.56. The molecule has 1 saturated carbocycles. The van der Waals surface area contributed by atoms with Gasteiger partial charge in [0.25, 0.3) is 5.95 Å². The normalized spacial score (nSPS) is 27.0. The maximum Gasteiger partial charge on any atom is 0.266 e. The predicted molar refractivity (Wildman–Crippen MR) is 80.6 cm³/mol. The lowest BCUT2D eigenvalue weighted by Crippen LogP contribution is -2.57. The second-order valence-electron chi connectivity index (χ2n) is 6.88. The van der Waals surface area contributed by atoms with Gasteiger partial charge < -0.3 is 14.7 Å². The smallest absolute Gasteiger partial charge is 0.266 e. The maximum absolute atomic E-state index is 5.46. The lowest BCUT2D eigenvalue weighted by molar-refractivity contribution is 0.0978. The zero-order valence-corrected chi connectivity index (χ0v) is 12.8. The summed E-state index contributed by atoms with van der Waals surface area (Å²) >= 11 is 0. The molecule has 0 unspecified atom stereocenters. The summed E-state index contributed by atoms with van der Waals surface area (Å²) in [6.45, 7) is 5.43. The van der Waals surface area contributed by atoms with Crippen LogP contribution in [0.4, 0.5) is 5.95 Å². The third kappa shape index (κ3) is 2.55. The van der Waals surface area contributed by atoms with Gasteiger partial charge in [0.15, 0.2) is 0 Å². The molecule has 3 aliphatic rings. The summed E-state index contributed by atoms with van der Waals surface area (Å²) in [6.07, 6.45) is 5.99. The van der Waals surface area contributed by atoms with Crippen molar-refractivity contribution >= 4 is 5.95 Å². The first-order valence-electron chi connectivity index (χ1n) is 8.27. The van der Waals surface area contributed by atoms with Crippen molar-refractivity contribution in [3.05, 3.63) is 5.89 Å². The Morgan fingerprint density at radius 3 is 2.81 bits per heavy atom. The Morgan fingerprint density at radius 1 is 1.24 bits per heavy atom. The van der Waals surface area contributed by atoms with E-state index in [9.17, 15) is 0 Å². The van der Waals surface area contributed by atoms with Crippen molar-refractivity contribution in [3.8, 4) is 0 Å². The fraction of sp³-hybridized carbons (Fsp3) is 0.867. The van der Waals surface area contributed by atoms with E-state index >= 15 is 0 Å². The molecule has 2 saturated heterocycles. The van der Waals surface area contributed by atoms with Gasteiger partial charge in [-0.25, -0.2) is 0 Å². The molecule has 3 fully saturated rings. The molecule has 6 heteroatoms. The van der Waals surface area contributed by atoms with Crippen LogP contribution in [-0.2, 0) is 0 Å². The van der Waals surface area contributed by atoms with E-state index in [4.69, 9.17) is 4.52 Å². The summed E-state index contributed by atoms with van der Waals surface area (Å²) in [4.78, 5) is 9.57. The highest BCUT2D eigenvalue weighted by Gasteiger charge is 2.40. The minimum atomic E-state index is 0.266. The molecule has 2 aliphatic heterocycles. The van der Waals surface area contributed by atoms with E-state index < -0.39 is 0 Å². The van der Waals surface area contributed by atoms with Gasteiger partial charge in [-0.15, -0.1) is 0 Å². The fourth-order valence-corrected chi connectivity index (χ4v) is 3.75. The average Bonchev–Trinajstić information content (AvgIpc) is 3.26. The minimum Gasteiger partial charge on any atom is -0.337 e.